The van der Waals surface area contributed by atoms with Crippen LogP contribution < -0.4 is 5.32 Å². The first-order chi connectivity index (χ1) is 11.0. The molecule has 6 nitrogen and oxygen atoms in total. The number of carbonyl (C=O) groups is 2. The summed E-state index contributed by atoms with van der Waals surface area (Å²) in [6.07, 6.45) is 1.57. The lowest BCUT2D eigenvalue weighted by molar-refractivity contribution is -0.141. The Morgan fingerprint density at radius 3 is 2.52 bits per heavy atom. The van der Waals surface area contributed by atoms with Gasteiger partial charge in [-0.15, -0.1) is 0 Å². The van der Waals surface area contributed by atoms with Gasteiger partial charge in [0.15, 0.2) is 0 Å². The van der Waals surface area contributed by atoms with Crippen LogP contribution in [0.15, 0.2) is 40.6 Å². The highest BCUT2D eigenvalue weighted by molar-refractivity contribution is 5.97. The second-order valence-electron chi connectivity index (χ2n) is 5.03. The lowest BCUT2D eigenvalue weighted by Crippen LogP contribution is -2.26. The minimum absolute atomic E-state index is 0.0334. The van der Waals surface area contributed by atoms with Crippen LogP contribution in [0, 0.1) is 13.8 Å². The summed E-state index contributed by atoms with van der Waals surface area (Å²) in [5.41, 5.74) is 2.25. The molecule has 2 aromatic rings. The summed E-state index contributed by atoms with van der Waals surface area (Å²) in [6, 6.07) is 9.19. The third-order valence-electron chi connectivity index (χ3n) is 3.17. The van der Waals surface area contributed by atoms with Gasteiger partial charge in [0.2, 0.25) is 5.91 Å². The van der Waals surface area contributed by atoms with Crippen LogP contribution >= 0.6 is 0 Å². The molecule has 0 atom stereocenters. The first-order valence-electron chi connectivity index (χ1n) is 7.10. The summed E-state index contributed by atoms with van der Waals surface area (Å²) >= 11 is 0. The zero-order valence-corrected chi connectivity index (χ0v) is 13.3. The molecular formula is C17H18N2O4. The molecular weight excluding hydrogens is 296 g/mol. The standard InChI is InChI=1S/C17H18N2O4/c1-11-15(12(2)23-19-11)10-22-17(21)16(18-13(3)20)9-14-7-5-4-6-8-14/h4-9H,10H2,1-3H3,(H,18,20)/b16-9-. The van der Waals surface area contributed by atoms with Gasteiger partial charge < -0.3 is 14.6 Å². The molecule has 0 radical (unpaired) electrons. The van der Waals surface area contributed by atoms with Gasteiger partial charge in [-0.05, 0) is 25.5 Å². The van der Waals surface area contributed by atoms with E-state index in [4.69, 9.17) is 9.26 Å². The smallest absolute Gasteiger partial charge is 0.355 e. The number of hydrogen-bond acceptors (Lipinski definition) is 5. The van der Waals surface area contributed by atoms with Gasteiger partial charge in [-0.2, -0.15) is 0 Å². The van der Waals surface area contributed by atoms with E-state index in [2.05, 4.69) is 10.5 Å². The van der Waals surface area contributed by atoms with Crippen LogP contribution in [-0.4, -0.2) is 17.0 Å². The van der Waals surface area contributed by atoms with Gasteiger partial charge >= 0.3 is 5.97 Å². The zero-order chi connectivity index (χ0) is 16.8. The number of hydrogen-bond donors (Lipinski definition) is 1. The molecule has 0 aliphatic rings. The van der Waals surface area contributed by atoms with Crippen molar-refractivity contribution in [1.82, 2.24) is 10.5 Å². The molecule has 2 rings (SSSR count). The predicted molar refractivity (Wildman–Crippen MR) is 84.0 cm³/mol. The van der Waals surface area contributed by atoms with Gasteiger partial charge in [0.1, 0.15) is 18.1 Å². The third kappa shape index (κ3) is 4.54. The molecule has 6 heteroatoms. The zero-order valence-electron chi connectivity index (χ0n) is 13.3. The van der Waals surface area contributed by atoms with Crippen molar-refractivity contribution in [3.05, 3.63) is 58.6 Å². The minimum atomic E-state index is -0.621. The number of rotatable bonds is 5. The largest absolute Gasteiger partial charge is 0.456 e. The number of aryl methyl sites for hydroxylation is 2. The number of nitrogens with one attached hydrogen (secondary N) is 1. The van der Waals surface area contributed by atoms with Crippen molar-refractivity contribution in [2.24, 2.45) is 0 Å². The molecule has 1 aromatic carbocycles. The second kappa shape index (κ2) is 7.40. The maximum absolute atomic E-state index is 12.2. The number of ether oxygens (including phenoxy) is 1. The van der Waals surface area contributed by atoms with E-state index in [-0.39, 0.29) is 18.2 Å². The average Bonchev–Trinajstić information content (AvgIpc) is 2.83. The molecule has 0 saturated carbocycles. The Morgan fingerprint density at radius 2 is 1.96 bits per heavy atom. The highest BCUT2D eigenvalue weighted by Gasteiger charge is 2.16. The van der Waals surface area contributed by atoms with Crippen molar-refractivity contribution in [3.8, 4) is 0 Å². The number of nitrogens with zero attached hydrogens (tertiary/aromatic N) is 1. The molecule has 23 heavy (non-hydrogen) atoms. The predicted octanol–water partition coefficient (Wildman–Crippen LogP) is 2.51. The molecule has 1 amide bonds. The number of benzene rings is 1. The fraction of sp³-hybridized carbons (Fsp3) is 0.235. The van der Waals surface area contributed by atoms with E-state index in [0.29, 0.717) is 11.5 Å². The first-order valence-corrected chi connectivity index (χ1v) is 7.10. The van der Waals surface area contributed by atoms with Crippen LogP contribution in [0.1, 0.15) is 29.5 Å². The molecule has 1 N–H and O–H groups in total. The molecule has 0 fully saturated rings. The van der Waals surface area contributed by atoms with Crippen molar-refractivity contribution in [3.63, 3.8) is 0 Å². The van der Waals surface area contributed by atoms with Crippen LogP contribution in [0.5, 0.6) is 0 Å². The normalized spacial score (nSPS) is 11.2. The van der Waals surface area contributed by atoms with E-state index in [1.807, 2.05) is 30.3 Å². The molecule has 0 saturated heterocycles. The van der Waals surface area contributed by atoms with Crippen molar-refractivity contribution in [2.45, 2.75) is 27.4 Å². The summed E-state index contributed by atoms with van der Waals surface area (Å²) < 4.78 is 10.3. The van der Waals surface area contributed by atoms with Gasteiger partial charge in [-0.1, -0.05) is 35.5 Å². The Balaban J connectivity index is 2.14. The quantitative estimate of drug-likeness (QED) is 0.677. The Kier molecular flexibility index (Phi) is 5.30. The van der Waals surface area contributed by atoms with Gasteiger partial charge in [0.05, 0.1) is 11.3 Å². The van der Waals surface area contributed by atoms with Gasteiger partial charge in [-0.3, -0.25) is 4.79 Å². The van der Waals surface area contributed by atoms with Crippen LogP contribution in [0.25, 0.3) is 6.08 Å². The monoisotopic (exact) mass is 314 g/mol. The maximum atomic E-state index is 12.2. The highest BCUT2D eigenvalue weighted by Crippen LogP contribution is 2.14. The lowest BCUT2D eigenvalue weighted by atomic mass is 10.2. The average molecular weight is 314 g/mol. The van der Waals surface area contributed by atoms with E-state index < -0.39 is 5.97 Å². The van der Waals surface area contributed by atoms with Gasteiger partial charge in [0, 0.05) is 6.92 Å². The second-order valence-corrected chi connectivity index (χ2v) is 5.03. The van der Waals surface area contributed by atoms with Crippen LogP contribution in [0.3, 0.4) is 0 Å². The maximum Gasteiger partial charge on any atom is 0.355 e. The van der Waals surface area contributed by atoms with Crippen LogP contribution in [0.2, 0.25) is 0 Å². The SMILES string of the molecule is CC(=O)N/C(=C\c1ccccc1)C(=O)OCc1c(C)noc1C. The Labute approximate surface area is 134 Å². The van der Waals surface area contributed by atoms with E-state index in [0.717, 1.165) is 11.1 Å². The highest BCUT2D eigenvalue weighted by atomic mass is 16.5. The topological polar surface area (TPSA) is 81.4 Å². The fourth-order valence-corrected chi connectivity index (χ4v) is 1.98. The van der Waals surface area contributed by atoms with E-state index in [1.165, 1.54) is 6.92 Å². The molecule has 0 bridgehead atoms. The number of aromatic nitrogens is 1. The molecule has 0 unspecified atom stereocenters. The molecule has 0 aliphatic heterocycles. The number of carbonyl (C=O) groups excluding carboxylic acids is 2. The van der Waals surface area contributed by atoms with E-state index >= 15 is 0 Å². The van der Waals surface area contributed by atoms with Crippen molar-refractivity contribution < 1.29 is 18.8 Å². The van der Waals surface area contributed by atoms with E-state index in [9.17, 15) is 9.59 Å². The minimum Gasteiger partial charge on any atom is -0.456 e. The summed E-state index contributed by atoms with van der Waals surface area (Å²) in [5.74, 6) is -0.367. The Hall–Kier alpha value is -2.89. The molecule has 0 aliphatic carbocycles. The van der Waals surface area contributed by atoms with Gasteiger partial charge in [0.25, 0.3) is 0 Å². The molecule has 120 valence electrons. The fourth-order valence-electron chi connectivity index (χ4n) is 1.98. The van der Waals surface area contributed by atoms with Crippen LogP contribution in [-0.2, 0) is 20.9 Å². The first kappa shape index (κ1) is 16.5. The Bertz CT molecular complexity index is 713. The summed E-state index contributed by atoms with van der Waals surface area (Å²) in [7, 11) is 0. The molecule has 0 spiro atoms. The lowest BCUT2D eigenvalue weighted by Gasteiger charge is -2.09. The summed E-state index contributed by atoms with van der Waals surface area (Å²) in [4.78, 5) is 23.5. The molecule has 1 heterocycles. The summed E-state index contributed by atoms with van der Waals surface area (Å²) in [6.45, 7) is 4.89. The van der Waals surface area contributed by atoms with Crippen LogP contribution in [0.4, 0.5) is 0 Å². The number of amides is 1. The summed E-state index contributed by atoms with van der Waals surface area (Å²) in [5, 5.41) is 6.30. The number of esters is 1. The van der Waals surface area contributed by atoms with Gasteiger partial charge in [-0.25, -0.2) is 4.79 Å². The van der Waals surface area contributed by atoms with E-state index in [1.54, 1.807) is 19.9 Å². The Morgan fingerprint density at radius 1 is 1.26 bits per heavy atom. The molecule has 1 aromatic heterocycles. The van der Waals surface area contributed by atoms with Crippen molar-refractivity contribution in [1.29, 1.82) is 0 Å². The van der Waals surface area contributed by atoms with Crippen molar-refractivity contribution in [2.75, 3.05) is 0 Å². The third-order valence-corrected chi connectivity index (χ3v) is 3.17. The van der Waals surface area contributed by atoms with Crippen molar-refractivity contribution >= 4 is 18.0 Å².